The van der Waals surface area contributed by atoms with Gasteiger partial charge in [-0.15, -0.1) is 0 Å². The van der Waals surface area contributed by atoms with E-state index >= 15 is 0 Å². The molecule has 0 saturated heterocycles. The van der Waals surface area contributed by atoms with Crippen molar-refractivity contribution in [2.45, 2.75) is 0 Å². The summed E-state index contributed by atoms with van der Waals surface area (Å²) in [5, 5.41) is 7.56. The molecule has 7 aromatic carbocycles. The molecule has 196 valence electrons. The fraction of sp³-hybridized carbons (Fsp3) is 0. The van der Waals surface area contributed by atoms with E-state index in [-0.39, 0.29) is 0 Å². The number of para-hydroxylation sites is 4. The van der Waals surface area contributed by atoms with E-state index in [1.54, 1.807) is 0 Å². The zero-order valence-electron chi connectivity index (χ0n) is 22.9. The van der Waals surface area contributed by atoms with E-state index in [2.05, 4.69) is 167 Å². The molecule has 0 spiro atoms. The van der Waals surface area contributed by atoms with Crippen LogP contribution in [0.5, 0.6) is 0 Å². The maximum Gasteiger partial charge on any atom is 0.0619 e. The molecule has 0 radical (unpaired) electrons. The van der Waals surface area contributed by atoms with Crippen molar-refractivity contribution >= 4 is 54.4 Å². The first-order chi connectivity index (χ1) is 20.9. The molecule has 0 saturated carbocycles. The van der Waals surface area contributed by atoms with E-state index in [0.717, 1.165) is 0 Å². The zero-order chi connectivity index (χ0) is 27.6. The molecule has 0 amide bonds. The Morgan fingerprint density at radius 3 is 1.79 bits per heavy atom. The van der Waals surface area contributed by atoms with E-state index in [4.69, 9.17) is 0 Å². The lowest BCUT2D eigenvalue weighted by molar-refractivity contribution is 1.18. The summed E-state index contributed by atoms with van der Waals surface area (Å²) in [4.78, 5) is 0. The minimum absolute atomic E-state index is 1.17. The van der Waals surface area contributed by atoms with Crippen LogP contribution in [0.1, 0.15) is 0 Å². The van der Waals surface area contributed by atoms with Crippen LogP contribution in [-0.4, -0.2) is 9.13 Å². The van der Waals surface area contributed by atoms with Gasteiger partial charge in [-0.2, -0.15) is 0 Å². The molecule has 0 unspecified atom stereocenters. The normalized spacial score (nSPS) is 11.8. The number of fused-ring (bicyclic) bond motifs is 7. The Morgan fingerprint density at radius 1 is 0.357 bits per heavy atom. The summed E-state index contributed by atoms with van der Waals surface area (Å²) < 4.78 is 4.85. The summed E-state index contributed by atoms with van der Waals surface area (Å²) in [5.41, 5.74) is 9.72. The Kier molecular flexibility index (Phi) is 4.93. The van der Waals surface area contributed by atoms with Gasteiger partial charge in [0, 0.05) is 38.2 Å². The number of rotatable bonds is 3. The summed E-state index contributed by atoms with van der Waals surface area (Å²) in [7, 11) is 0. The largest absolute Gasteiger partial charge is 0.309 e. The van der Waals surface area contributed by atoms with Crippen LogP contribution in [0.25, 0.3) is 76.9 Å². The first-order valence-corrected chi connectivity index (χ1v) is 14.5. The van der Waals surface area contributed by atoms with Gasteiger partial charge in [0.05, 0.1) is 27.8 Å². The molecule has 0 aliphatic carbocycles. The van der Waals surface area contributed by atoms with Crippen molar-refractivity contribution in [2.75, 3.05) is 0 Å². The van der Waals surface area contributed by atoms with Gasteiger partial charge in [-0.05, 0) is 53.4 Å². The number of hydrogen-bond donors (Lipinski definition) is 0. The molecule has 2 heteroatoms. The summed E-state index contributed by atoms with van der Waals surface area (Å²) in [6.45, 7) is 0. The van der Waals surface area contributed by atoms with Crippen LogP contribution in [0.15, 0.2) is 158 Å². The lowest BCUT2D eigenvalue weighted by Gasteiger charge is -2.13. The Hall–Kier alpha value is -5.60. The third-order valence-corrected chi connectivity index (χ3v) is 8.70. The van der Waals surface area contributed by atoms with Crippen molar-refractivity contribution in [1.82, 2.24) is 9.13 Å². The van der Waals surface area contributed by atoms with Crippen LogP contribution in [0.3, 0.4) is 0 Å². The average molecular weight is 535 g/mol. The highest BCUT2D eigenvalue weighted by atomic mass is 15.0. The van der Waals surface area contributed by atoms with Gasteiger partial charge in [0.15, 0.2) is 0 Å². The molecule has 0 bridgehead atoms. The average Bonchev–Trinajstić information content (AvgIpc) is 3.58. The van der Waals surface area contributed by atoms with E-state index in [0.29, 0.717) is 0 Å². The predicted octanol–water partition coefficient (Wildman–Crippen LogP) is 10.7. The van der Waals surface area contributed by atoms with Crippen molar-refractivity contribution < 1.29 is 0 Å². The fourth-order valence-electron chi connectivity index (χ4n) is 6.90. The van der Waals surface area contributed by atoms with Gasteiger partial charge in [-0.25, -0.2) is 0 Å². The van der Waals surface area contributed by atoms with Gasteiger partial charge >= 0.3 is 0 Å². The van der Waals surface area contributed by atoms with Crippen LogP contribution < -0.4 is 0 Å². The highest BCUT2D eigenvalue weighted by Gasteiger charge is 2.18. The van der Waals surface area contributed by atoms with Crippen molar-refractivity contribution in [3.63, 3.8) is 0 Å². The molecule has 0 aliphatic heterocycles. The highest BCUT2D eigenvalue weighted by Crippen LogP contribution is 2.41. The van der Waals surface area contributed by atoms with Crippen molar-refractivity contribution in [1.29, 1.82) is 0 Å². The fourth-order valence-corrected chi connectivity index (χ4v) is 6.90. The molecule has 2 heterocycles. The van der Waals surface area contributed by atoms with Gasteiger partial charge in [0.2, 0.25) is 0 Å². The second kappa shape index (κ2) is 8.95. The molecule has 0 atom stereocenters. The minimum atomic E-state index is 1.17. The smallest absolute Gasteiger partial charge is 0.0619 e. The first kappa shape index (κ1) is 23.1. The van der Waals surface area contributed by atoms with E-state index < -0.39 is 0 Å². The summed E-state index contributed by atoms with van der Waals surface area (Å²) >= 11 is 0. The number of hydrogen-bond acceptors (Lipinski definition) is 0. The summed E-state index contributed by atoms with van der Waals surface area (Å²) in [6.07, 6.45) is 0. The molecule has 2 aromatic heterocycles. The van der Waals surface area contributed by atoms with Crippen LogP contribution in [-0.2, 0) is 0 Å². The zero-order valence-corrected chi connectivity index (χ0v) is 22.9. The van der Waals surface area contributed by atoms with Gasteiger partial charge in [0.25, 0.3) is 0 Å². The monoisotopic (exact) mass is 534 g/mol. The van der Waals surface area contributed by atoms with Crippen LogP contribution in [0.4, 0.5) is 0 Å². The molecule has 0 fully saturated rings. The Balaban J connectivity index is 1.36. The maximum atomic E-state index is 2.43. The third-order valence-electron chi connectivity index (χ3n) is 8.70. The van der Waals surface area contributed by atoms with Gasteiger partial charge in [-0.3, -0.25) is 0 Å². The molecule has 9 aromatic rings. The number of nitrogens with zero attached hydrogens (tertiary/aromatic N) is 2. The van der Waals surface area contributed by atoms with Crippen molar-refractivity contribution in [3.8, 4) is 22.5 Å². The lowest BCUT2D eigenvalue weighted by Crippen LogP contribution is -1.96. The first-order valence-electron chi connectivity index (χ1n) is 14.5. The Morgan fingerprint density at radius 2 is 0.952 bits per heavy atom. The van der Waals surface area contributed by atoms with E-state index in [1.165, 1.54) is 76.9 Å². The van der Waals surface area contributed by atoms with Crippen LogP contribution in [0.2, 0.25) is 0 Å². The van der Waals surface area contributed by atoms with Crippen molar-refractivity contribution in [3.05, 3.63) is 158 Å². The molecule has 2 nitrogen and oxygen atoms in total. The quantitative estimate of drug-likeness (QED) is 0.213. The van der Waals surface area contributed by atoms with E-state index in [1.807, 2.05) is 0 Å². The van der Waals surface area contributed by atoms with Crippen LogP contribution in [0, 0.1) is 0 Å². The second-order valence-electron chi connectivity index (χ2n) is 11.0. The molecule has 0 aliphatic rings. The number of aromatic nitrogens is 2. The topological polar surface area (TPSA) is 9.86 Å². The van der Waals surface area contributed by atoms with Gasteiger partial charge in [0.1, 0.15) is 0 Å². The second-order valence-corrected chi connectivity index (χ2v) is 11.0. The predicted molar refractivity (Wildman–Crippen MR) is 178 cm³/mol. The standard InChI is InChI=1S/C40H26N2/c1-2-14-29(15-3-1)41-37-21-8-6-17-32(37)34-20-11-19-31(40(34)41)28-24-25-39-35(26-28)33-18-7-9-22-38(33)42(39)36-23-10-13-27-12-4-5-16-30(27)36/h1-26H. The molecular weight excluding hydrogens is 508 g/mol. The van der Waals surface area contributed by atoms with Crippen molar-refractivity contribution in [2.24, 2.45) is 0 Å². The molecule has 9 rings (SSSR count). The van der Waals surface area contributed by atoms with Gasteiger partial charge < -0.3 is 9.13 Å². The molecular formula is C40H26N2. The number of benzene rings is 7. The SMILES string of the molecule is c1ccc(-n2c3ccccc3c3cccc(-c4ccc5c(c4)c4ccccc4n5-c4cccc5ccccc45)c32)cc1. The Labute approximate surface area is 243 Å². The molecule has 42 heavy (non-hydrogen) atoms. The maximum absolute atomic E-state index is 2.43. The third kappa shape index (κ3) is 3.27. The summed E-state index contributed by atoms with van der Waals surface area (Å²) in [5.74, 6) is 0. The molecule has 0 N–H and O–H groups in total. The van der Waals surface area contributed by atoms with E-state index in [9.17, 15) is 0 Å². The minimum Gasteiger partial charge on any atom is -0.309 e. The Bertz CT molecular complexity index is 2450. The summed E-state index contributed by atoms with van der Waals surface area (Å²) in [6, 6.07) is 57.2. The lowest BCUT2D eigenvalue weighted by atomic mass is 10.00. The van der Waals surface area contributed by atoms with Crippen LogP contribution >= 0.6 is 0 Å². The highest BCUT2D eigenvalue weighted by molar-refractivity contribution is 6.16. The van der Waals surface area contributed by atoms with Gasteiger partial charge in [-0.1, -0.05) is 115 Å².